The average Bonchev–Trinajstić information content (AvgIpc) is 3.17. The Morgan fingerprint density at radius 3 is 2.76 bits per heavy atom. The van der Waals surface area contributed by atoms with E-state index in [0.717, 1.165) is 12.8 Å². The van der Waals surface area contributed by atoms with Gasteiger partial charge < -0.3 is 9.47 Å². The number of halogens is 2. The van der Waals surface area contributed by atoms with Crippen LogP contribution in [-0.4, -0.2) is 46.0 Å². The van der Waals surface area contributed by atoms with Gasteiger partial charge in [0.1, 0.15) is 5.69 Å². The van der Waals surface area contributed by atoms with Crippen molar-refractivity contribution >= 4 is 23.0 Å². The summed E-state index contributed by atoms with van der Waals surface area (Å²) in [6, 6.07) is 6.65. The fraction of sp³-hybridized carbons (Fsp3) is 0.480. The fourth-order valence-electron chi connectivity index (χ4n) is 5.12. The lowest BCUT2D eigenvalue weighted by molar-refractivity contribution is 0.0526. The predicted molar refractivity (Wildman–Crippen MR) is 121 cm³/mol. The van der Waals surface area contributed by atoms with Crippen molar-refractivity contribution in [1.82, 2.24) is 14.8 Å². The van der Waals surface area contributed by atoms with Crippen LogP contribution in [0.15, 0.2) is 24.3 Å². The molecular weight excluding hydrogens is 444 g/mol. The quantitative estimate of drug-likeness (QED) is 0.386. The maximum Gasteiger partial charge on any atom is 0.419 e. The van der Waals surface area contributed by atoms with Crippen LogP contribution >= 0.6 is 0 Å². The van der Waals surface area contributed by atoms with Gasteiger partial charge in [-0.2, -0.15) is 5.10 Å². The van der Waals surface area contributed by atoms with E-state index in [0.29, 0.717) is 39.1 Å². The smallest absolute Gasteiger partial charge is 0.419 e. The highest BCUT2D eigenvalue weighted by molar-refractivity contribution is 6.00. The first kappa shape index (κ1) is 22.6. The molecule has 0 amide bonds. The molecule has 2 atom stereocenters. The molecule has 2 aliphatic rings. The van der Waals surface area contributed by atoms with Crippen molar-refractivity contribution in [3.05, 3.63) is 41.1 Å². The van der Waals surface area contributed by atoms with Gasteiger partial charge in [-0.05, 0) is 44.0 Å². The minimum Gasteiger partial charge on any atom is -0.462 e. The molecule has 9 heteroatoms. The number of fused-ring (bicyclic) bond motifs is 3. The van der Waals surface area contributed by atoms with E-state index in [-0.39, 0.29) is 26.1 Å². The van der Waals surface area contributed by atoms with Crippen molar-refractivity contribution < 1.29 is 27.8 Å². The Morgan fingerprint density at radius 2 is 2.03 bits per heavy atom. The van der Waals surface area contributed by atoms with Gasteiger partial charge in [0, 0.05) is 34.4 Å². The van der Waals surface area contributed by atoms with Gasteiger partial charge in [0.2, 0.25) is 0 Å². The summed E-state index contributed by atoms with van der Waals surface area (Å²) < 4.78 is 40.9. The number of rotatable bonds is 6. The Bertz CT molecular complexity index is 1290. The van der Waals surface area contributed by atoms with Crippen LogP contribution in [0, 0.1) is 11.3 Å². The van der Waals surface area contributed by atoms with E-state index in [1.807, 2.05) is 6.92 Å². The molecule has 180 valence electrons. The Hall–Kier alpha value is -3.23. The van der Waals surface area contributed by atoms with Crippen molar-refractivity contribution in [2.75, 3.05) is 13.2 Å². The molecule has 7 nitrogen and oxygen atoms in total. The second-order valence-electron chi connectivity index (χ2n) is 9.33. The van der Waals surface area contributed by atoms with Crippen LogP contribution in [-0.2, 0) is 22.3 Å². The van der Waals surface area contributed by atoms with E-state index in [2.05, 4.69) is 10.2 Å². The molecule has 1 aromatic carbocycles. The standard InChI is InChI=1S/C25H27F2N3O4/c1-4-6-9-34-23(32)30-18-8-7-14(22(31)33-5-2)10-15(18)11-19(30)21-16-12-20-24(3,25(20,26)27)13-17(16)28-29-21/h7-8,10-11,20H,4-6,9,12-13H2,1-3H3,(H,28,29)/t20-,24+/m0/s1. The lowest BCUT2D eigenvalue weighted by atomic mass is 9.87. The van der Waals surface area contributed by atoms with Gasteiger partial charge in [-0.3, -0.25) is 5.10 Å². The number of nitrogens with one attached hydrogen (secondary N) is 1. The number of H-pyrrole nitrogens is 1. The molecular formula is C25H27F2N3O4. The summed E-state index contributed by atoms with van der Waals surface area (Å²) in [5.41, 5.74) is 2.13. The molecule has 3 aromatic rings. The number of carbonyl (C=O) groups is 2. The van der Waals surface area contributed by atoms with Crippen LogP contribution in [0.25, 0.3) is 22.3 Å². The van der Waals surface area contributed by atoms with E-state index < -0.39 is 29.3 Å². The van der Waals surface area contributed by atoms with E-state index in [1.165, 1.54) is 4.57 Å². The van der Waals surface area contributed by atoms with E-state index >= 15 is 0 Å². The van der Waals surface area contributed by atoms with Crippen molar-refractivity contribution in [3.8, 4) is 11.4 Å². The Morgan fingerprint density at radius 1 is 1.24 bits per heavy atom. The summed E-state index contributed by atoms with van der Waals surface area (Å²) >= 11 is 0. The third kappa shape index (κ3) is 3.24. The maximum atomic E-state index is 14.4. The van der Waals surface area contributed by atoms with Gasteiger partial charge in [-0.1, -0.05) is 20.3 Å². The first-order valence-electron chi connectivity index (χ1n) is 11.7. The molecule has 1 saturated carbocycles. The van der Waals surface area contributed by atoms with Crippen LogP contribution in [0.3, 0.4) is 0 Å². The Labute approximate surface area is 195 Å². The second kappa shape index (κ2) is 7.92. The minimum atomic E-state index is -2.72. The number of benzene rings is 1. The topological polar surface area (TPSA) is 86.2 Å². The van der Waals surface area contributed by atoms with Gasteiger partial charge in [0.25, 0.3) is 5.92 Å². The number of aromatic nitrogens is 3. The molecule has 2 heterocycles. The van der Waals surface area contributed by atoms with Crippen LogP contribution in [0.5, 0.6) is 0 Å². The third-order valence-corrected chi connectivity index (χ3v) is 7.25. The van der Waals surface area contributed by atoms with Gasteiger partial charge in [-0.25, -0.2) is 22.9 Å². The average molecular weight is 472 g/mol. The van der Waals surface area contributed by atoms with E-state index in [1.54, 1.807) is 38.1 Å². The molecule has 1 fully saturated rings. The number of hydrogen-bond donors (Lipinski definition) is 1. The predicted octanol–water partition coefficient (Wildman–Crippen LogP) is 5.36. The summed E-state index contributed by atoms with van der Waals surface area (Å²) in [4.78, 5) is 25.3. The number of nitrogens with zero attached hydrogens (tertiary/aromatic N) is 2. The highest BCUT2D eigenvalue weighted by atomic mass is 19.3. The van der Waals surface area contributed by atoms with Crippen molar-refractivity contribution in [2.24, 2.45) is 11.3 Å². The molecule has 5 rings (SSSR count). The van der Waals surface area contributed by atoms with Gasteiger partial charge in [0.05, 0.1) is 30.0 Å². The number of carbonyl (C=O) groups excluding carboxylic acids is 2. The van der Waals surface area contributed by atoms with Crippen LogP contribution in [0.2, 0.25) is 0 Å². The van der Waals surface area contributed by atoms with E-state index in [4.69, 9.17) is 9.47 Å². The van der Waals surface area contributed by atoms with Gasteiger partial charge >= 0.3 is 12.1 Å². The number of hydrogen-bond acceptors (Lipinski definition) is 5. The zero-order chi connectivity index (χ0) is 24.3. The molecule has 1 N–H and O–H groups in total. The minimum absolute atomic E-state index is 0.186. The lowest BCUT2D eigenvalue weighted by Gasteiger charge is -2.16. The molecule has 0 saturated heterocycles. The zero-order valence-corrected chi connectivity index (χ0v) is 19.4. The maximum absolute atomic E-state index is 14.4. The first-order valence-corrected chi connectivity index (χ1v) is 11.7. The number of unbranched alkanes of at least 4 members (excludes halogenated alkanes) is 1. The van der Waals surface area contributed by atoms with Crippen LogP contribution in [0.4, 0.5) is 13.6 Å². The zero-order valence-electron chi connectivity index (χ0n) is 19.4. The number of esters is 1. The summed E-state index contributed by atoms with van der Waals surface area (Å²) in [5, 5.41) is 7.99. The number of alkyl halides is 2. The molecule has 0 radical (unpaired) electrons. The van der Waals surface area contributed by atoms with Crippen LogP contribution in [0.1, 0.15) is 55.2 Å². The van der Waals surface area contributed by atoms with Crippen LogP contribution < -0.4 is 0 Å². The fourth-order valence-corrected chi connectivity index (χ4v) is 5.12. The number of aromatic amines is 1. The monoisotopic (exact) mass is 471 g/mol. The molecule has 0 unspecified atom stereocenters. The van der Waals surface area contributed by atoms with Crippen molar-refractivity contribution in [1.29, 1.82) is 0 Å². The highest BCUT2D eigenvalue weighted by Crippen LogP contribution is 2.70. The summed E-state index contributed by atoms with van der Waals surface area (Å²) in [6.07, 6.45) is 1.42. The molecule has 0 aliphatic heterocycles. The summed E-state index contributed by atoms with van der Waals surface area (Å²) in [6.45, 7) is 5.85. The normalized spacial score (nSPS) is 22.2. The highest BCUT2D eigenvalue weighted by Gasteiger charge is 2.78. The Kier molecular flexibility index (Phi) is 5.26. The van der Waals surface area contributed by atoms with Gasteiger partial charge in [-0.15, -0.1) is 0 Å². The van der Waals surface area contributed by atoms with Gasteiger partial charge in [0.15, 0.2) is 0 Å². The van der Waals surface area contributed by atoms with Crippen molar-refractivity contribution in [3.63, 3.8) is 0 Å². The lowest BCUT2D eigenvalue weighted by Crippen LogP contribution is -2.17. The molecule has 2 aliphatic carbocycles. The molecule has 2 aromatic heterocycles. The number of ether oxygens (including phenoxy) is 2. The Balaban J connectivity index is 1.60. The van der Waals surface area contributed by atoms with Crippen molar-refractivity contribution in [2.45, 2.75) is 52.4 Å². The summed E-state index contributed by atoms with van der Waals surface area (Å²) in [5.74, 6) is -3.92. The largest absolute Gasteiger partial charge is 0.462 e. The third-order valence-electron chi connectivity index (χ3n) is 7.25. The summed E-state index contributed by atoms with van der Waals surface area (Å²) in [7, 11) is 0. The SMILES string of the molecule is CCCCOC(=O)n1c(-c2n[nH]c3c2C[C@@H]2C(F)(F)[C@]2(C)C3)cc2cc(C(=O)OCC)ccc21. The van der Waals surface area contributed by atoms with E-state index in [9.17, 15) is 18.4 Å². The molecule has 34 heavy (non-hydrogen) atoms. The molecule has 0 bridgehead atoms. The molecule has 0 spiro atoms. The first-order chi connectivity index (χ1) is 16.2. The second-order valence-corrected chi connectivity index (χ2v) is 9.33.